The van der Waals surface area contributed by atoms with Crippen LogP contribution in [0.25, 0.3) is 11.3 Å². The number of hydrazine groups is 1. The van der Waals surface area contributed by atoms with Crippen LogP contribution < -0.4 is 15.4 Å². The molecule has 1 aromatic heterocycles. The Hall–Kier alpha value is -5.44. The van der Waals surface area contributed by atoms with Gasteiger partial charge < -0.3 is 45.6 Å². The lowest BCUT2D eigenvalue weighted by molar-refractivity contribution is -0.186. The normalized spacial score (nSPS) is 18.8. The molecule has 1 aliphatic carbocycles. The van der Waals surface area contributed by atoms with Gasteiger partial charge in [-0.1, -0.05) is 18.9 Å². The number of hydrogen-bond donors (Lipinski definition) is 7. The Morgan fingerprint density at radius 3 is 2.23 bits per heavy atom. The second-order valence-electron chi connectivity index (χ2n) is 14.8. The molecule has 2 fully saturated rings. The quantitative estimate of drug-likeness (QED) is 0.0580. The van der Waals surface area contributed by atoms with Crippen LogP contribution in [0, 0.1) is 17.6 Å². The fourth-order valence-corrected chi connectivity index (χ4v) is 7.23. The average Bonchev–Trinajstić information content (AvgIpc) is 3.76. The minimum absolute atomic E-state index is 0.117. The van der Waals surface area contributed by atoms with Crippen molar-refractivity contribution < 1.29 is 89.3 Å². The maximum absolute atomic E-state index is 15.6. The molecule has 5 rings (SSSR count). The zero-order chi connectivity index (χ0) is 47.3. The first-order valence-corrected chi connectivity index (χ1v) is 19.3. The van der Waals surface area contributed by atoms with E-state index in [4.69, 9.17) is 14.6 Å². The highest BCUT2D eigenvalue weighted by atomic mass is 19.4. The average molecular weight is 923 g/mol. The second-order valence-corrected chi connectivity index (χ2v) is 14.8. The molecule has 1 saturated heterocycles. The molecule has 64 heavy (non-hydrogen) atoms. The van der Waals surface area contributed by atoms with Crippen LogP contribution in [0.4, 0.5) is 40.8 Å². The van der Waals surface area contributed by atoms with Crippen LogP contribution in [-0.4, -0.2) is 139 Å². The van der Waals surface area contributed by atoms with Crippen molar-refractivity contribution in [1.82, 2.24) is 25.3 Å². The summed E-state index contributed by atoms with van der Waals surface area (Å²) in [6.07, 6.45) is -16.6. The minimum Gasteiger partial charge on any atom is -0.488 e. The number of aliphatic hydroxyl groups excluding tert-OH is 5. The summed E-state index contributed by atoms with van der Waals surface area (Å²) >= 11 is 0. The van der Waals surface area contributed by atoms with Gasteiger partial charge >= 0.3 is 12.4 Å². The topological polar surface area (TPSA) is 244 Å². The maximum atomic E-state index is 15.6. The summed E-state index contributed by atoms with van der Waals surface area (Å²) in [5.41, 5.74) is -6.66. The number of nitrogens with one attached hydrogen (secondary N) is 2. The third-order valence-electron chi connectivity index (χ3n) is 10.7. The van der Waals surface area contributed by atoms with Crippen LogP contribution in [0.15, 0.2) is 42.7 Å². The van der Waals surface area contributed by atoms with Crippen LogP contribution in [0.3, 0.4) is 0 Å². The number of nitrogens with zero attached hydrogens (tertiary/aromatic N) is 4. The van der Waals surface area contributed by atoms with Crippen molar-refractivity contribution in [3.63, 3.8) is 0 Å². The van der Waals surface area contributed by atoms with Gasteiger partial charge in [-0.25, -0.2) is 19.4 Å². The largest absolute Gasteiger partial charge is 0.488 e. The summed E-state index contributed by atoms with van der Waals surface area (Å²) in [6, 6.07) is 4.11. The van der Waals surface area contributed by atoms with Gasteiger partial charge in [0.05, 0.1) is 48.8 Å². The fourth-order valence-electron chi connectivity index (χ4n) is 7.23. The zero-order valence-corrected chi connectivity index (χ0v) is 33.5. The van der Waals surface area contributed by atoms with Gasteiger partial charge in [0.2, 0.25) is 11.7 Å². The number of hydrogen-bond acceptors (Lipinski definition) is 14. The highest BCUT2D eigenvalue weighted by Gasteiger charge is 2.58. The molecule has 0 radical (unpaired) electrons. The molecule has 350 valence electrons. The Morgan fingerprint density at radius 1 is 0.906 bits per heavy atom. The minimum atomic E-state index is -5.03. The molecule has 2 aliphatic rings. The van der Waals surface area contributed by atoms with E-state index in [1.165, 1.54) is 12.1 Å². The standard InChI is InChI=1S/C39H42F8N6O11/c1-52-37(8-2-3-9-37)33(59)27(34(60)51-22-6-5-20(38(42,43)44)14-21(22)23-15-26(39(45,46)47)50-18-49-23)36(62)53(52)16-19-4-7-25(29(41)28(19)40)64-13-12-63-11-10-48-35(61)32(58)31(57)30(56)24(55)17-54/h4-7,14-15,18,24,27,30-32,54-58H,2-3,8-13,16-17H2,1H3,(H,48,61)(H,51,60)/t24-,27?,30-,31+,32-/m0/s1. The molecule has 2 heterocycles. The van der Waals surface area contributed by atoms with Crippen molar-refractivity contribution >= 4 is 29.2 Å². The summed E-state index contributed by atoms with van der Waals surface area (Å²) in [5.74, 6) is -10.4. The van der Waals surface area contributed by atoms with E-state index in [9.17, 15) is 65.9 Å². The van der Waals surface area contributed by atoms with Gasteiger partial charge in [0, 0.05) is 24.7 Å². The van der Waals surface area contributed by atoms with Gasteiger partial charge in [-0.2, -0.15) is 30.7 Å². The Bertz CT molecular complexity index is 2190. The van der Waals surface area contributed by atoms with Crippen molar-refractivity contribution in [3.8, 4) is 17.0 Å². The maximum Gasteiger partial charge on any atom is 0.433 e. The molecule has 3 aromatic rings. The van der Waals surface area contributed by atoms with E-state index in [0.717, 1.165) is 23.2 Å². The number of aromatic nitrogens is 2. The van der Waals surface area contributed by atoms with Gasteiger partial charge in [-0.3, -0.25) is 24.2 Å². The predicted molar refractivity (Wildman–Crippen MR) is 201 cm³/mol. The Balaban J connectivity index is 1.28. The second kappa shape index (κ2) is 20.2. The lowest BCUT2D eigenvalue weighted by Gasteiger charge is -2.49. The molecule has 0 bridgehead atoms. The number of amides is 3. The van der Waals surface area contributed by atoms with Gasteiger partial charge in [-0.05, 0) is 43.2 Å². The smallest absolute Gasteiger partial charge is 0.433 e. The Morgan fingerprint density at radius 2 is 1.59 bits per heavy atom. The van der Waals surface area contributed by atoms with Crippen molar-refractivity contribution in [2.75, 3.05) is 45.3 Å². The highest BCUT2D eigenvalue weighted by molar-refractivity contribution is 6.25. The molecule has 25 heteroatoms. The number of benzene rings is 2. The number of carbonyl (C=O) groups excluding carboxylic acids is 4. The first kappa shape index (κ1) is 49.6. The monoisotopic (exact) mass is 922 g/mol. The number of Topliss-reactive ketones (excluding diaryl/α,β-unsaturated/α-hetero) is 1. The van der Waals surface area contributed by atoms with E-state index < -0.39 is 136 Å². The fraction of sp³-hybridized carbons (Fsp3) is 0.487. The SMILES string of the molecule is CN1N(Cc2ccc(OCCOCCNC(=O)[C@@H](O)[C@H](O)[C@@H](O)[C@@H](O)CO)c(F)c2F)C(=O)C(C(=O)Nc2ccc(C(F)(F)F)cc2-c2cc(C(F)(F)F)ncn2)C(=O)C12CCCC2. The summed E-state index contributed by atoms with van der Waals surface area (Å²) in [6.45, 7) is -2.71. The first-order chi connectivity index (χ1) is 30.0. The summed E-state index contributed by atoms with van der Waals surface area (Å²) in [7, 11) is 1.34. The zero-order valence-electron chi connectivity index (χ0n) is 33.5. The highest BCUT2D eigenvalue weighted by Crippen LogP contribution is 2.43. The number of ketones is 1. The number of aliphatic hydroxyl groups is 5. The molecule has 1 aliphatic heterocycles. The molecule has 17 nitrogen and oxygen atoms in total. The van der Waals surface area contributed by atoms with Crippen LogP contribution >= 0.6 is 0 Å². The van der Waals surface area contributed by atoms with Crippen LogP contribution in [0.5, 0.6) is 5.75 Å². The Labute approximate surface area is 357 Å². The molecule has 5 atom stereocenters. The molecule has 1 saturated carbocycles. The predicted octanol–water partition coefficient (Wildman–Crippen LogP) is 1.73. The van der Waals surface area contributed by atoms with Crippen molar-refractivity contribution in [2.24, 2.45) is 5.92 Å². The van der Waals surface area contributed by atoms with E-state index in [0.29, 0.717) is 37.4 Å². The number of halogens is 8. The summed E-state index contributed by atoms with van der Waals surface area (Å²) in [4.78, 5) is 60.9. The van der Waals surface area contributed by atoms with Crippen LogP contribution in [0.2, 0.25) is 0 Å². The first-order valence-electron chi connectivity index (χ1n) is 19.3. The molecule has 1 unspecified atom stereocenters. The summed E-state index contributed by atoms with van der Waals surface area (Å²) in [5, 5.41) is 53.9. The number of ether oxygens (including phenoxy) is 2. The van der Waals surface area contributed by atoms with Gasteiger partial charge in [-0.15, -0.1) is 0 Å². The van der Waals surface area contributed by atoms with Gasteiger partial charge in [0.25, 0.3) is 11.8 Å². The number of carbonyl (C=O) groups is 4. The van der Waals surface area contributed by atoms with Crippen molar-refractivity contribution in [2.45, 2.75) is 74.5 Å². The third-order valence-corrected chi connectivity index (χ3v) is 10.7. The lowest BCUT2D eigenvalue weighted by atomic mass is 9.80. The van der Waals surface area contributed by atoms with E-state index in [1.807, 2.05) is 0 Å². The van der Waals surface area contributed by atoms with E-state index in [1.54, 1.807) is 0 Å². The molecule has 2 aromatic carbocycles. The molecule has 1 spiro atoms. The molecular weight excluding hydrogens is 880 g/mol. The van der Waals surface area contributed by atoms with Gasteiger partial charge in [0.1, 0.15) is 36.9 Å². The third kappa shape index (κ3) is 10.7. The van der Waals surface area contributed by atoms with Crippen LogP contribution in [0.1, 0.15) is 42.5 Å². The van der Waals surface area contributed by atoms with Gasteiger partial charge in [0.15, 0.2) is 29.4 Å². The lowest BCUT2D eigenvalue weighted by Crippen LogP contribution is -2.69. The van der Waals surface area contributed by atoms with E-state index >= 15 is 8.78 Å². The van der Waals surface area contributed by atoms with Crippen molar-refractivity contribution in [3.05, 3.63) is 71.2 Å². The molecule has 3 amide bonds. The van der Waals surface area contributed by atoms with Crippen molar-refractivity contribution in [1.29, 1.82) is 0 Å². The number of alkyl halides is 6. The molecule has 7 N–H and O–H groups in total. The van der Waals surface area contributed by atoms with E-state index in [2.05, 4.69) is 20.6 Å². The van der Waals surface area contributed by atoms with E-state index in [-0.39, 0.29) is 39.2 Å². The molecular formula is C39H42F8N6O11. The summed E-state index contributed by atoms with van der Waals surface area (Å²) < 4.78 is 123. The van der Waals surface area contributed by atoms with Crippen LogP contribution in [-0.2, 0) is 42.8 Å². The number of rotatable bonds is 17. The Kier molecular flexibility index (Phi) is 15.6. The number of anilines is 1. The number of likely N-dealkylation sites (N-methyl/N-ethyl adjacent to an activating group) is 1.